The van der Waals surface area contributed by atoms with E-state index in [0.717, 1.165) is 18.7 Å². The van der Waals surface area contributed by atoms with Crippen molar-refractivity contribution in [2.45, 2.75) is 38.6 Å². The van der Waals surface area contributed by atoms with E-state index in [9.17, 15) is 4.79 Å². The molecule has 4 rings (SSSR count). The molecule has 0 bridgehead atoms. The lowest BCUT2D eigenvalue weighted by Crippen LogP contribution is -2.40. The van der Waals surface area contributed by atoms with Crippen LogP contribution < -0.4 is 5.32 Å². The van der Waals surface area contributed by atoms with Gasteiger partial charge < -0.3 is 4.52 Å². The van der Waals surface area contributed by atoms with E-state index in [1.165, 1.54) is 15.3 Å². The highest BCUT2D eigenvalue weighted by atomic mass is 32.1. The molecule has 0 unspecified atom stereocenters. The smallest absolute Gasteiger partial charge is 0.240 e. The number of hydrogen-bond acceptors (Lipinski definition) is 6. The van der Waals surface area contributed by atoms with Gasteiger partial charge >= 0.3 is 0 Å². The minimum absolute atomic E-state index is 0.0770. The third-order valence-corrected chi connectivity index (χ3v) is 6.69. The van der Waals surface area contributed by atoms with Gasteiger partial charge in [0.1, 0.15) is 0 Å². The van der Waals surface area contributed by atoms with Crippen molar-refractivity contribution < 1.29 is 9.32 Å². The molecule has 0 saturated heterocycles. The summed E-state index contributed by atoms with van der Waals surface area (Å²) in [7, 11) is 0. The standard InChI is InChI=1S/C20H23N3O2S2/c1-20(2,3)16-11-18(25-22-16)21-17(24)12-23-8-6-14-13(7-10-27-14)19(23)15-5-4-9-26-15/h4-5,7,9-11,19H,6,8,12H2,1-3H3,(H,21,24)/t19-/m0/s1. The van der Waals surface area contributed by atoms with Crippen LogP contribution in [-0.4, -0.2) is 29.1 Å². The van der Waals surface area contributed by atoms with Crippen LogP contribution in [0.3, 0.4) is 0 Å². The Kier molecular flexibility index (Phi) is 4.92. The molecule has 4 heterocycles. The summed E-state index contributed by atoms with van der Waals surface area (Å²) in [5.41, 5.74) is 2.05. The van der Waals surface area contributed by atoms with Gasteiger partial charge in [-0.25, -0.2) is 0 Å². The first kappa shape index (κ1) is 18.4. The van der Waals surface area contributed by atoms with Crippen LogP contribution in [0.25, 0.3) is 0 Å². The van der Waals surface area contributed by atoms with Crippen LogP contribution in [-0.2, 0) is 16.6 Å². The van der Waals surface area contributed by atoms with Crippen LogP contribution in [0.2, 0.25) is 0 Å². The molecule has 0 radical (unpaired) electrons. The highest BCUT2D eigenvalue weighted by molar-refractivity contribution is 7.10. The van der Waals surface area contributed by atoms with Gasteiger partial charge in [0.25, 0.3) is 0 Å². The number of thiophene rings is 2. The van der Waals surface area contributed by atoms with Crippen LogP contribution in [0.15, 0.2) is 39.5 Å². The molecule has 1 aliphatic heterocycles. The van der Waals surface area contributed by atoms with Crippen LogP contribution in [0, 0.1) is 0 Å². The molecule has 142 valence electrons. The molecule has 1 atom stereocenters. The Hall–Kier alpha value is -1.96. The van der Waals surface area contributed by atoms with Crippen molar-refractivity contribution >= 4 is 34.5 Å². The highest BCUT2D eigenvalue weighted by Gasteiger charge is 2.31. The van der Waals surface area contributed by atoms with Crippen molar-refractivity contribution in [1.29, 1.82) is 0 Å². The lowest BCUT2D eigenvalue weighted by molar-refractivity contribution is -0.117. The predicted molar refractivity (Wildman–Crippen MR) is 110 cm³/mol. The summed E-state index contributed by atoms with van der Waals surface area (Å²) in [5, 5.41) is 11.2. The fraction of sp³-hybridized carbons (Fsp3) is 0.400. The lowest BCUT2D eigenvalue weighted by atomic mass is 9.92. The highest BCUT2D eigenvalue weighted by Crippen LogP contribution is 2.39. The van der Waals surface area contributed by atoms with E-state index in [-0.39, 0.29) is 17.4 Å². The maximum atomic E-state index is 12.7. The Morgan fingerprint density at radius 2 is 2.19 bits per heavy atom. The topological polar surface area (TPSA) is 58.4 Å². The Morgan fingerprint density at radius 1 is 1.33 bits per heavy atom. The van der Waals surface area contributed by atoms with Crippen molar-refractivity contribution in [3.8, 4) is 0 Å². The number of aromatic nitrogens is 1. The first-order chi connectivity index (χ1) is 12.9. The van der Waals surface area contributed by atoms with Crippen molar-refractivity contribution in [1.82, 2.24) is 10.1 Å². The third-order valence-electron chi connectivity index (χ3n) is 4.77. The van der Waals surface area contributed by atoms with E-state index < -0.39 is 0 Å². The number of fused-ring (bicyclic) bond motifs is 1. The molecule has 1 aliphatic rings. The summed E-state index contributed by atoms with van der Waals surface area (Å²) in [6, 6.07) is 8.37. The quantitative estimate of drug-likeness (QED) is 0.689. The first-order valence-electron chi connectivity index (χ1n) is 9.02. The number of nitrogens with zero attached hydrogens (tertiary/aromatic N) is 2. The molecule has 1 N–H and O–H groups in total. The monoisotopic (exact) mass is 401 g/mol. The van der Waals surface area contributed by atoms with Crippen LogP contribution >= 0.6 is 22.7 Å². The Labute approximate surface area is 167 Å². The average molecular weight is 402 g/mol. The molecule has 0 saturated carbocycles. The number of amides is 1. The van der Waals surface area contributed by atoms with E-state index in [4.69, 9.17) is 4.52 Å². The maximum absolute atomic E-state index is 12.7. The second kappa shape index (κ2) is 7.22. The first-order valence-corrected chi connectivity index (χ1v) is 10.8. The molecule has 3 aromatic rings. The fourth-order valence-electron chi connectivity index (χ4n) is 3.37. The minimum Gasteiger partial charge on any atom is -0.338 e. The summed E-state index contributed by atoms with van der Waals surface area (Å²) in [4.78, 5) is 17.6. The molecule has 0 fully saturated rings. The van der Waals surface area contributed by atoms with E-state index in [2.05, 4.69) is 65.1 Å². The SMILES string of the molecule is CC(C)(C)c1cc(NC(=O)CN2CCc3sccc3[C@H]2c2cccs2)on1. The number of anilines is 1. The van der Waals surface area contributed by atoms with Crippen molar-refractivity contribution in [2.75, 3.05) is 18.4 Å². The number of carbonyl (C=O) groups excluding carboxylic acids is 1. The second-order valence-corrected chi connectivity index (χ2v) is 9.79. The number of nitrogens with one attached hydrogen (secondary N) is 1. The van der Waals surface area contributed by atoms with Gasteiger partial charge in [-0.05, 0) is 34.9 Å². The molecule has 3 aromatic heterocycles. The predicted octanol–water partition coefficient (Wildman–Crippen LogP) is 4.68. The lowest BCUT2D eigenvalue weighted by Gasteiger charge is -2.34. The van der Waals surface area contributed by atoms with Crippen LogP contribution in [0.1, 0.15) is 47.8 Å². The van der Waals surface area contributed by atoms with Gasteiger partial charge in [0.05, 0.1) is 18.3 Å². The summed E-state index contributed by atoms with van der Waals surface area (Å²) >= 11 is 3.55. The molecule has 1 amide bonds. The zero-order valence-electron chi connectivity index (χ0n) is 15.7. The fourth-order valence-corrected chi connectivity index (χ4v) is 5.15. The van der Waals surface area contributed by atoms with E-state index in [1.54, 1.807) is 11.3 Å². The van der Waals surface area contributed by atoms with Gasteiger partial charge in [-0.1, -0.05) is 32.0 Å². The number of carbonyl (C=O) groups is 1. The average Bonchev–Trinajstić information content (AvgIpc) is 3.35. The van der Waals surface area contributed by atoms with Gasteiger partial charge in [-0.15, -0.1) is 22.7 Å². The van der Waals surface area contributed by atoms with E-state index in [1.807, 2.05) is 17.4 Å². The van der Waals surface area contributed by atoms with Crippen LogP contribution in [0.4, 0.5) is 5.88 Å². The van der Waals surface area contributed by atoms with Gasteiger partial charge in [0.2, 0.25) is 11.8 Å². The zero-order chi connectivity index (χ0) is 19.0. The molecule has 0 aliphatic carbocycles. The maximum Gasteiger partial charge on any atom is 0.240 e. The van der Waals surface area contributed by atoms with E-state index >= 15 is 0 Å². The summed E-state index contributed by atoms with van der Waals surface area (Å²) < 4.78 is 5.30. The minimum atomic E-state index is -0.112. The number of rotatable bonds is 4. The Bertz CT molecular complexity index is 921. The molecule has 0 spiro atoms. The van der Waals surface area contributed by atoms with Gasteiger partial charge in [0, 0.05) is 27.8 Å². The van der Waals surface area contributed by atoms with Crippen LogP contribution in [0.5, 0.6) is 0 Å². The molecule has 0 aromatic carbocycles. The summed E-state index contributed by atoms with van der Waals surface area (Å²) in [5.74, 6) is 0.331. The summed E-state index contributed by atoms with van der Waals surface area (Å²) in [6.45, 7) is 7.38. The largest absolute Gasteiger partial charge is 0.338 e. The van der Waals surface area contributed by atoms with Crippen molar-refractivity contribution in [3.05, 3.63) is 56.0 Å². The molecule has 5 nitrogen and oxygen atoms in total. The van der Waals surface area contributed by atoms with Crippen molar-refractivity contribution in [3.63, 3.8) is 0 Å². The third kappa shape index (κ3) is 3.85. The zero-order valence-corrected chi connectivity index (χ0v) is 17.3. The van der Waals surface area contributed by atoms with Gasteiger partial charge in [0.15, 0.2) is 0 Å². The molecular formula is C20H23N3O2S2. The number of hydrogen-bond donors (Lipinski definition) is 1. The molecule has 7 heteroatoms. The van der Waals surface area contributed by atoms with E-state index in [0.29, 0.717) is 12.4 Å². The summed E-state index contributed by atoms with van der Waals surface area (Å²) in [6.07, 6.45) is 0.985. The molecule has 27 heavy (non-hydrogen) atoms. The van der Waals surface area contributed by atoms with Gasteiger partial charge in [-0.2, -0.15) is 0 Å². The Morgan fingerprint density at radius 3 is 2.89 bits per heavy atom. The Balaban J connectivity index is 1.49. The second-order valence-electron chi connectivity index (χ2n) is 7.81. The van der Waals surface area contributed by atoms with Crippen molar-refractivity contribution in [2.24, 2.45) is 0 Å². The normalized spacial score (nSPS) is 17.7. The molecular weight excluding hydrogens is 378 g/mol. The van der Waals surface area contributed by atoms with Gasteiger partial charge in [-0.3, -0.25) is 15.0 Å².